The number of rotatable bonds is 2. The summed E-state index contributed by atoms with van der Waals surface area (Å²) in [4.78, 5) is 17.7. The monoisotopic (exact) mass is 373 g/mol. The molecule has 3 rings (SSSR count). The van der Waals surface area contributed by atoms with Crippen LogP contribution in [0.4, 0.5) is 5.69 Å². The molecule has 106 valence electrons. The molecule has 1 aromatic rings. The van der Waals surface area contributed by atoms with Gasteiger partial charge in [0.2, 0.25) is 5.91 Å². The lowest BCUT2D eigenvalue weighted by atomic mass is 10.1. The highest BCUT2D eigenvalue weighted by molar-refractivity contribution is 9.10. The molecule has 1 amide bonds. The first kappa shape index (κ1) is 15.4. The van der Waals surface area contributed by atoms with E-state index < -0.39 is 0 Å². The molecule has 0 aromatic heterocycles. The number of halogens is 2. The van der Waals surface area contributed by atoms with Crippen molar-refractivity contribution >= 4 is 62.6 Å². The first-order valence-corrected chi connectivity index (χ1v) is 7.59. The van der Waals surface area contributed by atoms with Crippen molar-refractivity contribution < 1.29 is 4.79 Å². The standard InChI is InChI=1S/C13H12BrN3OS.ClH/c1-8(18)16-11-3-2-9(6-10(11)14)12-7-19-13-15-4-5-17(12)13;/h2-3,6-7H,4-5H2,1H3,(H,16,18);1H. The summed E-state index contributed by atoms with van der Waals surface area (Å²) in [6.45, 7) is 3.31. The topological polar surface area (TPSA) is 44.7 Å². The molecule has 0 saturated heterocycles. The van der Waals surface area contributed by atoms with Gasteiger partial charge in [0.05, 0.1) is 17.9 Å². The molecule has 0 radical (unpaired) electrons. The summed E-state index contributed by atoms with van der Waals surface area (Å²) >= 11 is 5.16. The summed E-state index contributed by atoms with van der Waals surface area (Å²) in [5.74, 6) is -0.0712. The Hall–Kier alpha value is -0.980. The van der Waals surface area contributed by atoms with Crippen molar-refractivity contribution in [2.45, 2.75) is 6.92 Å². The molecule has 7 heteroatoms. The molecule has 4 nitrogen and oxygen atoms in total. The van der Waals surface area contributed by atoms with E-state index in [4.69, 9.17) is 0 Å². The second-order valence-electron chi connectivity index (χ2n) is 4.31. The highest BCUT2D eigenvalue weighted by Gasteiger charge is 2.27. The molecule has 0 atom stereocenters. The number of thioether (sulfide) groups is 1. The fourth-order valence-corrected chi connectivity index (χ4v) is 3.55. The number of nitrogens with zero attached hydrogens (tertiary/aromatic N) is 2. The van der Waals surface area contributed by atoms with Crippen molar-refractivity contribution in [2.75, 3.05) is 18.4 Å². The van der Waals surface area contributed by atoms with Crippen LogP contribution in [0.15, 0.2) is 33.1 Å². The van der Waals surface area contributed by atoms with Crippen LogP contribution in [0.25, 0.3) is 5.70 Å². The Kier molecular flexibility index (Phi) is 4.78. The molecule has 1 aromatic carbocycles. The second kappa shape index (κ2) is 6.20. The van der Waals surface area contributed by atoms with E-state index in [2.05, 4.69) is 36.5 Å². The lowest BCUT2D eigenvalue weighted by Crippen LogP contribution is -2.19. The van der Waals surface area contributed by atoms with Gasteiger partial charge in [-0.25, -0.2) is 0 Å². The first-order valence-electron chi connectivity index (χ1n) is 5.91. The summed E-state index contributed by atoms with van der Waals surface area (Å²) < 4.78 is 0.885. The summed E-state index contributed by atoms with van der Waals surface area (Å²) in [5, 5.41) is 5.99. The molecule has 0 spiro atoms. The Balaban J connectivity index is 0.00000147. The van der Waals surface area contributed by atoms with Gasteiger partial charge in [-0.15, -0.1) is 12.4 Å². The Morgan fingerprint density at radius 2 is 2.30 bits per heavy atom. The number of carbonyl (C=O) groups is 1. The highest BCUT2D eigenvalue weighted by Crippen LogP contribution is 2.37. The van der Waals surface area contributed by atoms with E-state index in [-0.39, 0.29) is 18.3 Å². The lowest BCUT2D eigenvalue weighted by Gasteiger charge is -2.17. The third kappa shape index (κ3) is 2.87. The van der Waals surface area contributed by atoms with Gasteiger partial charge in [0.25, 0.3) is 0 Å². The number of hydrogen-bond donors (Lipinski definition) is 1. The van der Waals surface area contributed by atoms with Crippen LogP contribution in [0, 0.1) is 0 Å². The zero-order chi connectivity index (χ0) is 13.4. The normalized spacial score (nSPS) is 16.2. The maximum absolute atomic E-state index is 11.1. The van der Waals surface area contributed by atoms with Gasteiger partial charge in [0.1, 0.15) is 0 Å². The van der Waals surface area contributed by atoms with Crippen LogP contribution < -0.4 is 5.32 Å². The Labute approximate surface area is 136 Å². The maximum Gasteiger partial charge on any atom is 0.221 e. The van der Waals surface area contributed by atoms with E-state index in [1.165, 1.54) is 12.6 Å². The number of nitrogens with one attached hydrogen (secondary N) is 1. The van der Waals surface area contributed by atoms with Crippen molar-refractivity contribution in [1.29, 1.82) is 0 Å². The Bertz CT molecular complexity index is 618. The zero-order valence-corrected chi connectivity index (χ0v) is 13.9. The Morgan fingerprint density at radius 3 is 3.00 bits per heavy atom. The SMILES string of the molecule is CC(=O)Nc1ccc(C2=CSC3=NCCN23)cc1Br.Cl. The van der Waals surface area contributed by atoms with Gasteiger partial charge >= 0.3 is 0 Å². The minimum absolute atomic E-state index is 0. The van der Waals surface area contributed by atoms with Gasteiger partial charge in [-0.3, -0.25) is 9.79 Å². The molecular weight excluding hydrogens is 362 g/mol. The quantitative estimate of drug-likeness (QED) is 0.861. The molecule has 0 saturated carbocycles. The molecule has 2 aliphatic rings. The van der Waals surface area contributed by atoms with Crippen LogP contribution in [0.1, 0.15) is 12.5 Å². The fourth-order valence-electron chi connectivity index (χ4n) is 2.11. The smallest absolute Gasteiger partial charge is 0.221 e. The van der Waals surface area contributed by atoms with Crippen molar-refractivity contribution in [3.63, 3.8) is 0 Å². The molecule has 0 unspecified atom stereocenters. The van der Waals surface area contributed by atoms with Gasteiger partial charge in [0.15, 0.2) is 5.17 Å². The Morgan fingerprint density at radius 1 is 1.50 bits per heavy atom. The number of amidine groups is 1. The third-order valence-electron chi connectivity index (χ3n) is 2.94. The average Bonchev–Trinajstić information content (AvgIpc) is 2.93. The summed E-state index contributed by atoms with van der Waals surface area (Å²) in [5.41, 5.74) is 3.09. The van der Waals surface area contributed by atoms with Crippen LogP contribution >= 0.6 is 40.1 Å². The number of carbonyl (C=O) groups excluding carboxylic acids is 1. The number of aliphatic imine (C=N–C) groups is 1. The molecule has 20 heavy (non-hydrogen) atoms. The van der Waals surface area contributed by atoms with Gasteiger partial charge in [-0.05, 0) is 28.1 Å². The average molecular weight is 375 g/mol. The molecular formula is C13H13BrClN3OS. The predicted octanol–water partition coefficient (Wildman–Crippen LogP) is 3.55. The molecule has 0 fully saturated rings. The van der Waals surface area contributed by atoms with Crippen molar-refractivity contribution in [2.24, 2.45) is 4.99 Å². The fraction of sp³-hybridized carbons (Fsp3) is 0.231. The van der Waals surface area contributed by atoms with E-state index in [0.29, 0.717) is 0 Å². The molecule has 2 heterocycles. The molecule has 2 aliphatic heterocycles. The molecule has 0 aliphatic carbocycles. The van der Waals surface area contributed by atoms with Crippen LogP contribution in [0.5, 0.6) is 0 Å². The summed E-state index contributed by atoms with van der Waals surface area (Å²) in [7, 11) is 0. The van der Waals surface area contributed by atoms with Crippen molar-refractivity contribution in [1.82, 2.24) is 4.90 Å². The largest absolute Gasteiger partial charge is 0.325 e. The van der Waals surface area contributed by atoms with E-state index in [0.717, 1.165) is 34.0 Å². The van der Waals surface area contributed by atoms with Crippen molar-refractivity contribution in [3.8, 4) is 0 Å². The maximum atomic E-state index is 11.1. The highest BCUT2D eigenvalue weighted by atomic mass is 79.9. The van der Waals surface area contributed by atoms with E-state index in [1.54, 1.807) is 11.8 Å². The van der Waals surface area contributed by atoms with Gasteiger partial charge in [-0.1, -0.05) is 17.8 Å². The van der Waals surface area contributed by atoms with Crippen LogP contribution in [0.2, 0.25) is 0 Å². The van der Waals surface area contributed by atoms with Crippen LogP contribution in [0.3, 0.4) is 0 Å². The van der Waals surface area contributed by atoms with E-state index in [9.17, 15) is 4.79 Å². The van der Waals surface area contributed by atoms with Gasteiger partial charge < -0.3 is 10.2 Å². The lowest BCUT2D eigenvalue weighted by molar-refractivity contribution is -0.114. The minimum atomic E-state index is -0.0712. The van der Waals surface area contributed by atoms with Crippen molar-refractivity contribution in [3.05, 3.63) is 33.6 Å². The zero-order valence-electron chi connectivity index (χ0n) is 10.7. The predicted molar refractivity (Wildman–Crippen MR) is 90.3 cm³/mol. The minimum Gasteiger partial charge on any atom is -0.325 e. The van der Waals surface area contributed by atoms with Crippen LogP contribution in [-0.4, -0.2) is 29.1 Å². The molecule has 1 N–H and O–H groups in total. The number of amides is 1. The van der Waals surface area contributed by atoms with E-state index in [1.807, 2.05) is 18.2 Å². The van der Waals surface area contributed by atoms with Crippen LogP contribution in [-0.2, 0) is 4.79 Å². The summed E-state index contributed by atoms with van der Waals surface area (Å²) in [6, 6.07) is 5.96. The van der Waals surface area contributed by atoms with E-state index >= 15 is 0 Å². The molecule has 0 bridgehead atoms. The number of anilines is 1. The van der Waals surface area contributed by atoms with Gasteiger partial charge in [-0.2, -0.15) is 0 Å². The summed E-state index contributed by atoms with van der Waals surface area (Å²) in [6.07, 6.45) is 0. The number of benzene rings is 1. The number of fused-ring (bicyclic) bond motifs is 1. The second-order valence-corrected chi connectivity index (χ2v) is 6.00. The third-order valence-corrected chi connectivity index (χ3v) is 4.50. The van der Waals surface area contributed by atoms with Gasteiger partial charge in [0, 0.05) is 28.9 Å². The number of hydrogen-bond acceptors (Lipinski definition) is 4. The first-order chi connectivity index (χ1) is 9.15.